The number of methoxy groups -OCH3 is 1. The zero-order valence-electron chi connectivity index (χ0n) is 24.5. The van der Waals surface area contributed by atoms with Gasteiger partial charge in [0.2, 0.25) is 0 Å². The van der Waals surface area contributed by atoms with Crippen molar-refractivity contribution in [2.24, 2.45) is 4.99 Å². The summed E-state index contributed by atoms with van der Waals surface area (Å²) >= 11 is 1.29. The first-order valence-corrected chi connectivity index (χ1v) is 14.9. The average molecular weight is 593 g/mol. The largest absolute Gasteiger partial charge is 0.496 e. The van der Waals surface area contributed by atoms with Crippen molar-refractivity contribution >= 4 is 23.3 Å². The Morgan fingerprint density at radius 2 is 1.77 bits per heavy atom. The molecular weight excluding hydrogens is 560 g/mol. The Bertz CT molecular complexity index is 1910. The van der Waals surface area contributed by atoms with Gasteiger partial charge in [0.05, 0.1) is 34.5 Å². The van der Waals surface area contributed by atoms with E-state index in [9.17, 15) is 14.9 Å². The number of carbonyl (C=O) groups excluding carboxylic acids is 1. The van der Waals surface area contributed by atoms with Gasteiger partial charge < -0.3 is 14.4 Å². The van der Waals surface area contributed by atoms with Gasteiger partial charge in [-0.15, -0.1) is 0 Å². The van der Waals surface area contributed by atoms with Crippen molar-refractivity contribution in [3.05, 3.63) is 126 Å². The van der Waals surface area contributed by atoms with Crippen LogP contribution in [0.5, 0.6) is 11.5 Å². The fraction of sp³-hybridized carbons (Fsp3) is 0.235. The van der Waals surface area contributed by atoms with Crippen LogP contribution in [-0.4, -0.2) is 35.6 Å². The zero-order valence-corrected chi connectivity index (χ0v) is 25.4. The van der Waals surface area contributed by atoms with Gasteiger partial charge in [0.1, 0.15) is 24.1 Å². The smallest absolute Gasteiger partial charge is 0.271 e. The molecule has 218 valence electrons. The second-order valence-electron chi connectivity index (χ2n) is 9.93. The number of allylic oxidation sites excluding steroid dienone is 1. The molecule has 1 aliphatic rings. The minimum atomic E-state index is -0.685. The first-order chi connectivity index (χ1) is 20.9. The topological polar surface area (TPSA) is 96.9 Å². The van der Waals surface area contributed by atoms with Crippen molar-refractivity contribution in [3.63, 3.8) is 0 Å². The van der Waals surface area contributed by atoms with E-state index < -0.39 is 6.04 Å². The highest BCUT2D eigenvalue weighted by atomic mass is 32.1. The van der Waals surface area contributed by atoms with Crippen molar-refractivity contribution in [3.8, 4) is 17.6 Å². The van der Waals surface area contributed by atoms with Gasteiger partial charge in [-0.25, -0.2) is 4.99 Å². The highest BCUT2D eigenvalue weighted by molar-refractivity contribution is 7.07. The second kappa shape index (κ2) is 12.9. The molecule has 1 aliphatic heterocycles. The van der Waals surface area contributed by atoms with Crippen LogP contribution in [0, 0.1) is 11.3 Å². The van der Waals surface area contributed by atoms with Crippen LogP contribution in [0.3, 0.4) is 0 Å². The summed E-state index contributed by atoms with van der Waals surface area (Å²) in [6.45, 7) is 7.06. The van der Waals surface area contributed by atoms with E-state index >= 15 is 0 Å². The minimum Gasteiger partial charge on any atom is -0.496 e. The highest BCUT2D eigenvalue weighted by Crippen LogP contribution is 2.36. The number of nitriles is 1. The van der Waals surface area contributed by atoms with E-state index in [0.29, 0.717) is 50.8 Å². The van der Waals surface area contributed by atoms with Gasteiger partial charge in [0, 0.05) is 24.2 Å². The third kappa shape index (κ3) is 5.87. The number of aromatic nitrogens is 1. The maximum absolute atomic E-state index is 14.0. The standard InChI is InChI=1S/C34H32N4O4S/c1-5-37(6-2)33(40)30-22(3)36-34-38(31(30)27-13-9-10-14-28(27)41-4)32(39)29(43-34)19-23-15-17-26(18-16-23)42-21-25-12-8-7-11-24(25)20-35/h7-19,31H,5-6,21H2,1-4H3/b29-19+/t31-/m0/s1. The van der Waals surface area contributed by atoms with Crippen LogP contribution in [-0.2, 0) is 11.4 Å². The van der Waals surface area contributed by atoms with Crippen LogP contribution in [0.25, 0.3) is 6.08 Å². The van der Waals surface area contributed by atoms with Gasteiger partial charge in [-0.2, -0.15) is 5.26 Å². The molecule has 1 amide bonds. The van der Waals surface area contributed by atoms with E-state index in [1.807, 2.05) is 93.6 Å². The molecule has 0 unspecified atom stereocenters. The molecule has 0 saturated heterocycles. The van der Waals surface area contributed by atoms with E-state index in [2.05, 4.69) is 6.07 Å². The molecule has 43 heavy (non-hydrogen) atoms. The summed E-state index contributed by atoms with van der Waals surface area (Å²) in [4.78, 5) is 34.8. The van der Waals surface area contributed by atoms with E-state index in [1.165, 1.54) is 11.3 Å². The number of carbonyl (C=O) groups is 1. The molecule has 1 atom stereocenters. The van der Waals surface area contributed by atoms with Gasteiger partial charge in [0.25, 0.3) is 11.5 Å². The lowest BCUT2D eigenvalue weighted by Gasteiger charge is -2.29. The van der Waals surface area contributed by atoms with Gasteiger partial charge in [0.15, 0.2) is 4.80 Å². The third-order valence-corrected chi connectivity index (χ3v) is 8.43. The average Bonchev–Trinajstić information content (AvgIpc) is 3.34. The molecule has 0 radical (unpaired) electrons. The monoisotopic (exact) mass is 592 g/mol. The SMILES string of the molecule is CCN(CC)C(=O)C1=C(C)N=c2s/c(=C/c3ccc(OCc4ccccc4C#N)cc3)c(=O)n2[C@H]1c1ccccc1OC. The Balaban J connectivity index is 1.53. The molecule has 1 aromatic heterocycles. The summed E-state index contributed by atoms with van der Waals surface area (Å²) in [7, 11) is 1.58. The third-order valence-electron chi connectivity index (χ3n) is 7.45. The molecule has 3 aromatic carbocycles. The number of hydrogen-bond acceptors (Lipinski definition) is 7. The van der Waals surface area contributed by atoms with Crippen LogP contribution >= 0.6 is 11.3 Å². The normalized spacial score (nSPS) is 14.5. The van der Waals surface area contributed by atoms with Crippen molar-refractivity contribution in [1.82, 2.24) is 9.47 Å². The number of thiazole rings is 1. The molecule has 8 nitrogen and oxygen atoms in total. The Kier molecular flexibility index (Phi) is 8.88. The van der Waals surface area contributed by atoms with Crippen molar-refractivity contribution < 1.29 is 14.3 Å². The Morgan fingerprint density at radius 1 is 1.07 bits per heavy atom. The van der Waals surface area contributed by atoms with E-state index in [-0.39, 0.29) is 18.1 Å². The molecule has 9 heteroatoms. The van der Waals surface area contributed by atoms with Crippen LogP contribution in [0.4, 0.5) is 0 Å². The first-order valence-electron chi connectivity index (χ1n) is 14.1. The summed E-state index contributed by atoms with van der Waals surface area (Å²) in [5, 5.41) is 9.32. The number of para-hydroxylation sites is 1. The number of benzene rings is 3. The number of amides is 1. The number of fused-ring (bicyclic) bond motifs is 1. The van der Waals surface area contributed by atoms with Crippen LogP contribution in [0.2, 0.25) is 0 Å². The highest BCUT2D eigenvalue weighted by Gasteiger charge is 2.35. The lowest BCUT2D eigenvalue weighted by molar-refractivity contribution is -0.127. The van der Waals surface area contributed by atoms with Gasteiger partial charge in [-0.05, 0) is 56.7 Å². The maximum Gasteiger partial charge on any atom is 0.271 e. The second-order valence-corrected chi connectivity index (χ2v) is 10.9. The number of nitrogens with zero attached hydrogens (tertiary/aromatic N) is 4. The summed E-state index contributed by atoms with van der Waals surface area (Å²) in [6, 6.07) is 23.7. The lowest BCUT2D eigenvalue weighted by atomic mass is 9.94. The molecule has 4 aromatic rings. The summed E-state index contributed by atoms with van der Waals surface area (Å²) in [5.41, 5.74) is 3.75. The molecule has 0 bridgehead atoms. The van der Waals surface area contributed by atoms with Crippen LogP contribution in [0.15, 0.2) is 93.9 Å². The van der Waals surface area contributed by atoms with Gasteiger partial charge in [-0.1, -0.05) is 59.9 Å². The van der Waals surface area contributed by atoms with E-state index in [0.717, 1.165) is 16.7 Å². The van der Waals surface area contributed by atoms with Gasteiger partial charge >= 0.3 is 0 Å². The summed E-state index contributed by atoms with van der Waals surface area (Å²) in [6.07, 6.45) is 1.82. The molecular formula is C34H32N4O4S. The van der Waals surface area contributed by atoms with Crippen LogP contribution in [0.1, 0.15) is 49.1 Å². The fourth-order valence-electron chi connectivity index (χ4n) is 5.19. The van der Waals surface area contributed by atoms with Crippen LogP contribution < -0.4 is 24.4 Å². The van der Waals surface area contributed by atoms with E-state index in [1.54, 1.807) is 22.6 Å². The summed E-state index contributed by atoms with van der Waals surface area (Å²) in [5.74, 6) is 1.09. The molecule has 0 spiro atoms. The Labute approximate surface area is 254 Å². The number of likely N-dealkylation sites (N-methyl/N-ethyl adjacent to an activating group) is 1. The zero-order chi connectivity index (χ0) is 30.5. The van der Waals surface area contributed by atoms with Crippen molar-refractivity contribution in [2.45, 2.75) is 33.4 Å². The molecule has 0 saturated carbocycles. The number of ether oxygens (including phenoxy) is 2. The van der Waals surface area contributed by atoms with Crippen molar-refractivity contribution in [1.29, 1.82) is 5.26 Å². The predicted octanol–water partition coefficient (Wildman–Crippen LogP) is 4.56. The number of hydrogen-bond donors (Lipinski definition) is 0. The van der Waals surface area contributed by atoms with E-state index in [4.69, 9.17) is 14.5 Å². The minimum absolute atomic E-state index is 0.149. The predicted molar refractivity (Wildman–Crippen MR) is 167 cm³/mol. The maximum atomic E-state index is 14.0. The molecule has 0 N–H and O–H groups in total. The molecule has 0 aliphatic carbocycles. The lowest BCUT2D eigenvalue weighted by Crippen LogP contribution is -2.43. The molecule has 5 rings (SSSR count). The Hall–Kier alpha value is -4.94. The molecule has 0 fully saturated rings. The number of rotatable bonds is 9. The van der Waals surface area contributed by atoms with Gasteiger partial charge in [-0.3, -0.25) is 14.2 Å². The quantitative estimate of drug-likeness (QED) is 0.284. The summed E-state index contributed by atoms with van der Waals surface area (Å²) < 4.78 is 13.7. The first kappa shape index (κ1) is 29.5. The fourth-order valence-corrected chi connectivity index (χ4v) is 6.24. The van der Waals surface area contributed by atoms with Crippen molar-refractivity contribution in [2.75, 3.05) is 20.2 Å². The molecule has 2 heterocycles. The Morgan fingerprint density at radius 3 is 2.47 bits per heavy atom.